The van der Waals surface area contributed by atoms with Crippen LogP contribution in [0.1, 0.15) is 98.2 Å². The summed E-state index contributed by atoms with van der Waals surface area (Å²) in [6.45, 7) is 5.52. The van der Waals surface area contributed by atoms with E-state index in [4.69, 9.17) is 10.2 Å². The molecule has 0 unspecified atom stereocenters. The van der Waals surface area contributed by atoms with Crippen LogP contribution in [0.5, 0.6) is 0 Å². The third-order valence-corrected chi connectivity index (χ3v) is 5.28. The molecule has 0 fully saturated rings. The van der Waals surface area contributed by atoms with E-state index in [1.807, 2.05) is 0 Å². The summed E-state index contributed by atoms with van der Waals surface area (Å²) in [6, 6.07) is 0. The van der Waals surface area contributed by atoms with Crippen LogP contribution in [0.4, 0.5) is 0 Å². The smallest absolute Gasteiger partial charge is 1.00 e. The Hall–Kier alpha value is 0.0900. The Balaban J connectivity index is -0.00000392. The molecule has 6 heteroatoms. The SMILES string of the molecule is CCCCCCCC/C=C\CCCCCCCCN(CCO)CCNCC(=O)O.[H-].[Na+]. The van der Waals surface area contributed by atoms with E-state index < -0.39 is 5.97 Å². The first-order valence-corrected chi connectivity index (χ1v) is 12.1. The Labute approximate surface area is 209 Å². The number of carboxylic acid groups (broad SMARTS) is 1. The number of carboxylic acids is 1. The largest absolute Gasteiger partial charge is 1.00 e. The first-order chi connectivity index (χ1) is 14.2. The molecule has 0 saturated heterocycles. The van der Waals surface area contributed by atoms with Crippen LogP contribution < -0.4 is 34.9 Å². The summed E-state index contributed by atoms with van der Waals surface area (Å²) in [5, 5.41) is 20.7. The maximum atomic E-state index is 10.5. The summed E-state index contributed by atoms with van der Waals surface area (Å²) in [5.74, 6) is -0.827. The van der Waals surface area contributed by atoms with Gasteiger partial charge >= 0.3 is 35.5 Å². The standard InChI is InChI=1S/C24H48N2O3.Na.H/c1-2-3-4-5-6-7-8-9-10-11-12-13-14-15-16-17-19-26(21-22-27)20-18-25-23-24(28)29;;/h9-10,25,27H,2-8,11-23H2,1H3,(H,28,29);;/q;+1;-1/b10-9-;;. The molecule has 5 nitrogen and oxygen atoms in total. The molecule has 174 valence electrons. The molecular formula is C24H49N2NaO3. The molecule has 0 spiro atoms. The van der Waals surface area contributed by atoms with Crippen molar-refractivity contribution in [1.82, 2.24) is 10.2 Å². The molecule has 0 radical (unpaired) electrons. The van der Waals surface area contributed by atoms with Gasteiger partial charge < -0.3 is 17.0 Å². The topological polar surface area (TPSA) is 72.8 Å². The van der Waals surface area contributed by atoms with E-state index in [1.165, 1.54) is 83.5 Å². The van der Waals surface area contributed by atoms with Gasteiger partial charge in [0, 0.05) is 19.6 Å². The summed E-state index contributed by atoms with van der Waals surface area (Å²) in [7, 11) is 0. The average Bonchev–Trinajstić information content (AvgIpc) is 2.70. The van der Waals surface area contributed by atoms with Gasteiger partial charge in [0.15, 0.2) is 0 Å². The number of hydrogen-bond acceptors (Lipinski definition) is 4. The molecule has 0 bridgehead atoms. The minimum atomic E-state index is -0.827. The van der Waals surface area contributed by atoms with Gasteiger partial charge in [0.25, 0.3) is 0 Å². The Kier molecular flexibility index (Phi) is 29.2. The fraction of sp³-hybridized carbons (Fsp3) is 0.875. The van der Waals surface area contributed by atoms with Crippen molar-refractivity contribution in [2.45, 2.75) is 96.8 Å². The van der Waals surface area contributed by atoms with Crippen molar-refractivity contribution in [1.29, 1.82) is 0 Å². The van der Waals surface area contributed by atoms with E-state index in [9.17, 15) is 4.79 Å². The van der Waals surface area contributed by atoms with Crippen LogP contribution in [-0.4, -0.2) is 60.4 Å². The number of aliphatic carboxylic acids is 1. The summed E-state index contributed by atoms with van der Waals surface area (Å²) in [5.41, 5.74) is 0. The van der Waals surface area contributed by atoms with Gasteiger partial charge in [0.2, 0.25) is 0 Å². The monoisotopic (exact) mass is 436 g/mol. The van der Waals surface area contributed by atoms with E-state index in [-0.39, 0.29) is 44.1 Å². The second-order valence-corrected chi connectivity index (χ2v) is 8.07. The zero-order chi connectivity index (χ0) is 21.4. The van der Waals surface area contributed by atoms with Crippen molar-refractivity contribution in [3.63, 3.8) is 0 Å². The van der Waals surface area contributed by atoms with E-state index in [0.717, 1.165) is 19.5 Å². The molecule has 0 aliphatic carbocycles. The second-order valence-electron chi connectivity index (χ2n) is 8.07. The van der Waals surface area contributed by atoms with Gasteiger partial charge in [-0.2, -0.15) is 0 Å². The van der Waals surface area contributed by atoms with E-state index in [2.05, 4.69) is 29.3 Å². The molecule has 0 aromatic heterocycles. The van der Waals surface area contributed by atoms with Gasteiger partial charge in [-0.3, -0.25) is 9.69 Å². The Morgan fingerprint density at radius 2 is 1.37 bits per heavy atom. The predicted octanol–water partition coefficient (Wildman–Crippen LogP) is 2.11. The van der Waals surface area contributed by atoms with Crippen molar-refractivity contribution in [2.75, 3.05) is 39.3 Å². The molecule has 0 aliphatic rings. The normalized spacial score (nSPS) is 11.3. The zero-order valence-electron chi connectivity index (χ0n) is 21.0. The van der Waals surface area contributed by atoms with Crippen molar-refractivity contribution in [3.8, 4) is 0 Å². The summed E-state index contributed by atoms with van der Waals surface area (Å²) in [4.78, 5) is 12.7. The van der Waals surface area contributed by atoms with Gasteiger partial charge in [-0.15, -0.1) is 0 Å². The van der Waals surface area contributed by atoms with Crippen molar-refractivity contribution >= 4 is 5.97 Å². The van der Waals surface area contributed by atoms with Crippen LogP contribution in [0.3, 0.4) is 0 Å². The maximum Gasteiger partial charge on any atom is 1.00 e. The van der Waals surface area contributed by atoms with Crippen LogP contribution >= 0.6 is 0 Å². The fourth-order valence-corrected chi connectivity index (χ4v) is 3.49. The molecule has 0 amide bonds. The molecule has 0 rings (SSSR count). The van der Waals surface area contributed by atoms with E-state index >= 15 is 0 Å². The van der Waals surface area contributed by atoms with Crippen molar-refractivity contribution in [3.05, 3.63) is 12.2 Å². The number of nitrogens with one attached hydrogen (secondary N) is 1. The third kappa shape index (κ3) is 26.1. The second kappa shape index (κ2) is 27.1. The molecule has 30 heavy (non-hydrogen) atoms. The molecule has 0 aromatic rings. The molecular weight excluding hydrogens is 387 g/mol. The first-order valence-electron chi connectivity index (χ1n) is 12.1. The third-order valence-electron chi connectivity index (χ3n) is 5.28. The molecule has 0 atom stereocenters. The van der Waals surface area contributed by atoms with Crippen LogP contribution in [0.15, 0.2) is 12.2 Å². The minimum absolute atomic E-state index is 0. The number of allylic oxidation sites excluding steroid dienone is 2. The first kappa shape index (κ1) is 32.3. The van der Waals surface area contributed by atoms with Crippen LogP contribution in [-0.2, 0) is 4.79 Å². The van der Waals surface area contributed by atoms with E-state index in [1.54, 1.807) is 0 Å². The Bertz CT molecular complexity index is 388. The summed E-state index contributed by atoms with van der Waals surface area (Å²) >= 11 is 0. The molecule has 3 N–H and O–H groups in total. The van der Waals surface area contributed by atoms with Crippen molar-refractivity contribution in [2.24, 2.45) is 0 Å². The number of carbonyl (C=O) groups is 1. The molecule has 0 aliphatic heterocycles. The van der Waals surface area contributed by atoms with Crippen molar-refractivity contribution < 1.29 is 46.0 Å². The van der Waals surface area contributed by atoms with Gasteiger partial charge in [0.1, 0.15) is 0 Å². The van der Waals surface area contributed by atoms with Gasteiger partial charge in [-0.1, -0.05) is 76.9 Å². The van der Waals surface area contributed by atoms with Gasteiger partial charge in [-0.05, 0) is 38.6 Å². The maximum absolute atomic E-state index is 10.5. The minimum Gasteiger partial charge on any atom is -1.00 e. The summed E-state index contributed by atoms with van der Waals surface area (Å²) in [6.07, 6.45) is 23.1. The zero-order valence-corrected chi connectivity index (χ0v) is 22.0. The Morgan fingerprint density at radius 1 is 0.833 bits per heavy atom. The molecule has 0 saturated carbocycles. The van der Waals surface area contributed by atoms with E-state index in [0.29, 0.717) is 13.1 Å². The van der Waals surface area contributed by atoms with Crippen LogP contribution in [0.25, 0.3) is 0 Å². The average molecular weight is 437 g/mol. The number of aliphatic hydroxyl groups excluding tert-OH is 1. The number of rotatable bonds is 23. The molecule has 0 aromatic carbocycles. The predicted molar refractivity (Wildman–Crippen MR) is 125 cm³/mol. The van der Waals surface area contributed by atoms with Gasteiger partial charge in [0.05, 0.1) is 13.2 Å². The number of nitrogens with zero attached hydrogens (tertiary/aromatic N) is 1. The fourth-order valence-electron chi connectivity index (χ4n) is 3.49. The molecule has 0 heterocycles. The van der Waals surface area contributed by atoms with Crippen LogP contribution in [0.2, 0.25) is 0 Å². The number of aliphatic hydroxyl groups is 1. The number of unbranched alkanes of at least 4 members (excludes halogenated alkanes) is 12. The quantitative estimate of drug-likeness (QED) is 0.130. The van der Waals surface area contributed by atoms with Gasteiger partial charge in [-0.25, -0.2) is 0 Å². The van der Waals surface area contributed by atoms with Crippen LogP contribution in [0, 0.1) is 0 Å². The summed E-state index contributed by atoms with van der Waals surface area (Å²) < 4.78 is 0. The Morgan fingerprint density at radius 3 is 1.90 bits per heavy atom. The number of hydrogen-bond donors (Lipinski definition) is 3.